The molecule has 0 aromatic carbocycles. The van der Waals surface area contributed by atoms with E-state index >= 15 is 0 Å². The van der Waals surface area contributed by atoms with Crippen molar-refractivity contribution >= 4 is 10.0 Å². The molecule has 3 aliphatic heterocycles. The Morgan fingerprint density at radius 1 is 1.07 bits per heavy atom. The SMILES string of the molecule is Cc1noc(C)c1CN1CCC(OC2C[C@H]3CC[C@@H](C2)N3S(C)(=O)=O)CC1. The first-order valence-corrected chi connectivity index (χ1v) is 11.9. The van der Waals surface area contributed by atoms with Crippen LogP contribution in [0.25, 0.3) is 0 Å². The zero-order valence-corrected chi connectivity index (χ0v) is 17.4. The second kappa shape index (κ2) is 7.46. The quantitative estimate of drug-likeness (QED) is 0.758. The van der Waals surface area contributed by atoms with Crippen LogP contribution in [0.4, 0.5) is 0 Å². The third-order valence-corrected chi connectivity index (χ3v) is 7.85. The van der Waals surface area contributed by atoms with Gasteiger partial charge in [-0.25, -0.2) is 8.42 Å². The van der Waals surface area contributed by atoms with Crippen molar-refractivity contribution in [3.8, 4) is 0 Å². The number of aryl methyl sites for hydroxylation is 2. The first kappa shape index (κ1) is 19.4. The number of piperidine rings is 2. The van der Waals surface area contributed by atoms with Crippen LogP contribution < -0.4 is 0 Å². The van der Waals surface area contributed by atoms with Gasteiger partial charge < -0.3 is 9.26 Å². The van der Waals surface area contributed by atoms with Crippen LogP contribution in [0.3, 0.4) is 0 Å². The van der Waals surface area contributed by atoms with E-state index in [0.717, 1.165) is 69.6 Å². The summed E-state index contributed by atoms with van der Waals surface area (Å²) in [5.74, 6) is 0.916. The van der Waals surface area contributed by atoms with Crippen molar-refractivity contribution in [3.05, 3.63) is 17.0 Å². The fourth-order valence-electron chi connectivity index (χ4n) is 5.16. The molecule has 0 aliphatic carbocycles. The Morgan fingerprint density at radius 3 is 2.22 bits per heavy atom. The van der Waals surface area contributed by atoms with Gasteiger partial charge in [-0.15, -0.1) is 0 Å². The maximum atomic E-state index is 12.0. The summed E-state index contributed by atoms with van der Waals surface area (Å²) in [6.07, 6.45) is 7.57. The summed E-state index contributed by atoms with van der Waals surface area (Å²) in [5.41, 5.74) is 2.19. The summed E-state index contributed by atoms with van der Waals surface area (Å²) < 4.78 is 37.5. The monoisotopic (exact) mass is 397 g/mol. The first-order chi connectivity index (χ1) is 12.8. The van der Waals surface area contributed by atoms with Gasteiger partial charge in [0.2, 0.25) is 10.0 Å². The van der Waals surface area contributed by atoms with Gasteiger partial charge in [0.25, 0.3) is 0 Å². The topological polar surface area (TPSA) is 75.9 Å². The van der Waals surface area contributed by atoms with E-state index in [0.29, 0.717) is 6.10 Å². The maximum absolute atomic E-state index is 12.0. The third kappa shape index (κ3) is 4.09. The van der Waals surface area contributed by atoms with Crippen molar-refractivity contribution in [1.82, 2.24) is 14.4 Å². The zero-order chi connectivity index (χ0) is 19.2. The molecule has 27 heavy (non-hydrogen) atoms. The normalized spacial score (nSPS) is 30.9. The highest BCUT2D eigenvalue weighted by molar-refractivity contribution is 7.88. The molecule has 3 aliphatic rings. The van der Waals surface area contributed by atoms with Gasteiger partial charge in [0.1, 0.15) is 5.76 Å². The summed E-state index contributed by atoms with van der Waals surface area (Å²) in [6, 6.07) is 0.284. The molecule has 0 radical (unpaired) electrons. The van der Waals surface area contributed by atoms with Gasteiger partial charge in [-0.1, -0.05) is 5.16 Å². The number of aromatic nitrogens is 1. The molecule has 0 spiro atoms. The lowest BCUT2D eigenvalue weighted by Crippen LogP contribution is -2.49. The van der Waals surface area contributed by atoms with Crippen LogP contribution in [0.5, 0.6) is 0 Å². The van der Waals surface area contributed by atoms with Gasteiger partial charge in [0, 0.05) is 37.3 Å². The number of nitrogens with zero attached hydrogens (tertiary/aromatic N) is 3. The number of sulfonamides is 1. The molecule has 8 heteroatoms. The predicted octanol–water partition coefficient (Wildman–Crippen LogP) is 2.23. The molecule has 2 bridgehead atoms. The van der Waals surface area contributed by atoms with E-state index in [1.807, 2.05) is 13.8 Å². The third-order valence-electron chi connectivity index (χ3n) is 6.49. The molecule has 3 fully saturated rings. The molecule has 4 heterocycles. The lowest BCUT2D eigenvalue weighted by atomic mass is 10.0. The molecule has 3 atom stereocenters. The van der Waals surface area contributed by atoms with Crippen LogP contribution in [-0.2, 0) is 21.3 Å². The zero-order valence-electron chi connectivity index (χ0n) is 16.6. The van der Waals surface area contributed by atoms with Gasteiger partial charge in [0.05, 0.1) is 24.2 Å². The van der Waals surface area contributed by atoms with Crippen molar-refractivity contribution in [2.24, 2.45) is 0 Å². The molecule has 7 nitrogen and oxygen atoms in total. The Bertz CT molecular complexity index is 736. The minimum atomic E-state index is -3.10. The number of hydrogen-bond acceptors (Lipinski definition) is 6. The van der Waals surface area contributed by atoms with Gasteiger partial charge in [0.15, 0.2) is 0 Å². The number of fused-ring (bicyclic) bond motifs is 2. The molecule has 4 rings (SSSR count). The Labute approximate surface area is 162 Å². The highest BCUT2D eigenvalue weighted by Crippen LogP contribution is 2.39. The molecular formula is C19H31N3O4S. The van der Waals surface area contributed by atoms with E-state index in [2.05, 4.69) is 10.1 Å². The van der Waals surface area contributed by atoms with Crippen LogP contribution in [0, 0.1) is 13.8 Å². The van der Waals surface area contributed by atoms with Crippen LogP contribution >= 0.6 is 0 Å². The largest absolute Gasteiger partial charge is 0.375 e. The fraction of sp³-hybridized carbons (Fsp3) is 0.842. The van der Waals surface area contributed by atoms with Crippen molar-refractivity contribution in [1.29, 1.82) is 0 Å². The average molecular weight is 398 g/mol. The van der Waals surface area contributed by atoms with Crippen LogP contribution in [-0.4, -0.2) is 66.4 Å². The smallest absolute Gasteiger partial charge is 0.211 e. The van der Waals surface area contributed by atoms with Crippen LogP contribution in [0.15, 0.2) is 4.52 Å². The van der Waals surface area contributed by atoms with Crippen LogP contribution in [0.1, 0.15) is 55.5 Å². The summed E-state index contributed by atoms with van der Waals surface area (Å²) in [7, 11) is -3.10. The molecule has 152 valence electrons. The highest BCUT2D eigenvalue weighted by Gasteiger charge is 2.46. The van der Waals surface area contributed by atoms with E-state index in [9.17, 15) is 8.42 Å². The lowest BCUT2D eigenvalue weighted by molar-refractivity contribution is -0.0696. The van der Waals surface area contributed by atoms with Crippen molar-refractivity contribution in [2.45, 2.75) is 83.2 Å². The second-order valence-electron chi connectivity index (χ2n) is 8.49. The number of rotatable bonds is 5. The van der Waals surface area contributed by atoms with Gasteiger partial charge in [-0.05, 0) is 52.4 Å². The fourth-order valence-corrected chi connectivity index (χ4v) is 6.63. The van der Waals surface area contributed by atoms with E-state index in [-0.39, 0.29) is 18.2 Å². The summed E-state index contributed by atoms with van der Waals surface area (Å²) in [5, 5.41) is 4.04. The molecule has 1 unspecified atom stereocenters. The Morgan fingerprint density at radius 2 is 1.70 bits per heavy atom. The maximum Gasteiger partial charge on any atom is 0.211 e. The van der Waals surface area contributed by atoms with Crippen molar-refractivity contribution in [2.75, 3.05) is 19.3 Å². The molecule has 3 saturated heterocycles. The standard InChI is InChI=1S/C19H31N3O4S/c1-13-19(14(2)26-20-13)12-21-8-6-17(7-9-21)25-18-10-15-4-5-16(11-18)22(15)27(3,23)24/h15-18H,4-12H2,1-3H3/t15-,16+,18?. The van der Waals surface area contributed by atoms with E-state index in [1.165, 1.54) is 11.8 Å². The molecular weight excluding hydrogens is 366 g/mol. The molecule has 0 amide bonds. The number of likely N-dealkylation sites (tertiary alicyclic amines) is 1. The van der Waals surface area contributed by atoms with Crippen LogP contribution in [0.2, 0.25) is 0 Å². The minimum Gasteiger partial charge on any atom is -0.375 e. The average Bonchev–Trinajstić information content (AvgIpc) is 3.07. The summed E-state index contributed by atoms with van der Waals surface area (Å²) in [4.78, 5) is 2.45. The number of hydrogen-bond donors (Lipinski definition) is 0. The molecule has 0 saturated carbocycles. The van der Waals surface area contributed by atoms with Gasteiger partial charge in [-0.3, -0.25) is 4.90 Å². The first-order valence-electron chi connectivity index (χ1n) is 10.1. The van der Waals surface area contributed by atoms with Crippen molar-refractivity contribution < 1.29 is 17.7 Å². The minimum absolute atomic E-state index is 0.142. The summed E-state index contributed by atoms with van der Waals surface area (Å²) >= 11 is 0. The highest BCUT2D eigenvalue weighted by atomic mass is 32.2. The van der Waals surface area contributed by atoms with Gasteiger partial charge in [-0.2, -0.15) is 4.31 Å². The lowest BCUT2D eigenvalue weighted by Gasteiger charge is -2.40. The Balaban J connectivity index is 1.27. The van der Waals surface area contributed by atoms with E-state index < -0.39 is 10.0 Å². The Hall–Kier alpha value is -0.960. The van der Waals surface area contributed by atoms with Crippen molar-refractivity contribution in [3.63, 3.8) is 0 Å². The van der Waals surface area contributed by atoms with Gasteiger partial charge >= 0.3 is 0 Å². The number of ether oxygens (including phenoxy) is 1. The van der Waals surface area contributed by atoms with E-state index in [1.54, 1.807) is 4.31 Å². The predicted molar refractivity (Wildman–Crippen MR) is 102 cm³/mol. The summed E-state index contributed by atoms with van der Waals surface area (Å²) in [6.45, 7) is 6.90. The second-order valence-corrected chi connectivity index (χ2v) is 10.4. The molecule has 1 aromatic rings. The Kier molecular flexibility index (Phi) is 5.35. The molecule has 1 aromatic heterocycles. The molecule has 0 N–H and O–H groups in total. The van der Waals surface area contributed by atoms with E-state index in [4.69, 9.17) is 9.26 Å².